The van der Waals surface area contributed by atoms with E-state index in [9.17, 15) is 0 Å². The fourth-order valence-electron chi connectivity index (χ4n) is 1.43. The van der Waals surface area contributed by atoms with Gasteiger partial charge < -0.3 is 0 Å². The molecular weight excluding hydrogens is 338 g/mol. The van der Waals surface area contributed by atoms with E-state index in [1.165, 1.54) is 0 Å². The van der Waals surface area contributed by atoms with Crippen LogP contribution in [0.4, 0.5) is 0 Å². The van der Waals surface area contributed by atoms with Gasteiger partial charge in [-0.25, -0.2) is 0 Å². The molecule has 0 bridgehead atoms. The van der Waals surface area contributed by atoms with Crippen LogP contribution in [0.2, 0.25) is 0 Å². The summed E-state index contributed by atoms with van der Waals surface area (Å²) in [5, 5.41) is 1.03. The van der Waals surface area contributed by atoms with Crippen LogP contribution in [0, 0.1) is 0 Å². The van der Waals surface area contributed by atoms with Crippen molar-refractivity contribution in [2.45, 2.75) is 0 Å². The summed E-state index contributed by atoms with van der Waals surface area (Å²) in [6.07, 6.45) is 1.58. The van der Waals surface area contributed by atoms with Gasteiger partial charge in [-0.2, -0.15) is 0 Å². The van der Waals surface area contributed by atoms with Gasteiger partial charge in [0, 0.05) is 0 Å². The van der Waals surface area contributed by atoms with Gasteiger partial charge >= 0.3 is 106 Å². The molecule has 1 aromatic carbocycles. The topological polar surface area (TPSA) is 44.2 Å². The van der Waals surface area contributed by atoms with Crippen molar-refractivity contribution in [2.75, 3.05) is 14.2 Å². The van der Waals surface area contributed by atoms with Crippen LogP contribution < -0.4 is 14.1 Å². The van der Waals surface area contributed by atoms with Gasteiger partial charge in [0.25, 0.3) is 0 Å². The fraction of sp³-hybridized carbons (Fsp3) is 0.200. The van der Waals surface area contributed by atoms with E-state index in [-0.39, 0.29) is 13.1 Å². The summed E-state index contributed by atoms with van der Waals surface area (Å²) in [6, 6.07) is 3.80. The zero-order valence-electron chi connectivity index (χ0n) is 8.80. The average Bonchev–Trinajstić information content (AvgIpc) is 2.36. The van der Waals surface area contributed by atoms with Gasteiger partial charge in [-0.3, -0.25) is 0 Å². The number of aromatic nitrogens is 2. The van der Waals surface area contributed by atoms with E-state index < -0.39 is 0 Å². The predicted octanol–water partition coefficient (Wildman–Crippen LogP) is -0.208. The number of rotatable bonds is 3. The van der Waals surface area contributed by atoms with Crippen molar-refractivity contribution in [3.63, 3.8) is 0 Å². The first-order valence-corrected chi connectivity index (χ1v) is 10.1. The van der Waals surface area contributed by atoms with Crippen LogP contribution in [-0.2, 0) is 0 Å². The van der Waals surface area contributed by atoms with Crippen molar-refractivity contribution in [1.29, 1.82) is 0 Å². The Bertz CT molecular complexity index is 519. The Balaban J connectivity index is 2.72. The molecule has 0 amide bonds. The number of hydrogen-bond acceptors (Lipinski definition) is 4. The summed E-state index contributed by atoms with van der Waals surface area (Å²) in [7, 11) is 3.24. The molecular formula is C10H10N2O2Se2. The summed E-state index contributed by atoms with van der Waals surface area (Å²) < 4.78 is 11.6. The first-order chi connectivity index (χ1) is 7.80. The molecule has 6 heteroatoms. The molecule has 1 heterocycles. The van der Waals surface area contributed by atoms with Crippen LogP contribution in [0.3, 0.4) is 0 Å². The molecule has 0 aliphatic heterocycles. The van der Waals surface area contributed by atoms with E-state index in [1.807, 2.05) is 12.1 Å². The molecule has 0 atom stereocenters. The summed E-state index contributed by atoms with van der Waals surface area (Å²) in [4.78, 5) is 8.49. The molecule has 0 fully saturated rings. The Kier molecular flexibility index (Phi) is 3.66. The minimum absolute atomic E-state index is 0.272. The first kappa shape index (κ1) is 11.7. The molecule has 2 aromatic rings. The molecule has 2 rings (SSSR count). The molecule has 16 heavy (non-hydrogen) atoms. The van der Waals surface area contributed by atoms with Crippen LogP contribution in [0.15, 0.2) is 18.5 Å². The zero-order valence-corrected chi connectivity index (χ0v) is 12.4. The van der Waals surface area contributed by atoms with Crippen molar-refractivity contribution in [3.05, 3.63) is 18.5 Å². The monoisotopic (exact) mass is 350 g/mol. The van der Waals surface area contributed by atoms with Crippen molar-refractivity contribution in [2.24, 2.45) is 0 Å². The summed E-state index contributed by atoms with van der Waals surface area (Å²) >= 11 is 2.85. The van der Waals surface area contributed by atoms with Crippen molar-refractivity contribution in [1.82, 2.24) is 9.97 Å². The molecule has 0 radical (unpaired) electrons. The van der Waals surface area contributed by atoms with Crippen molar-refractivity contribution >= 4 is 42.8 Å². The van der Waals surface area contributed by atoms with Gasteiger partial charge in [-0.05, 0) is 0 Å². The Morgan fingerprint density at radius 3 is 2.44 bits per heavy atom. The second-order valence-electron chi connectivity index (χ2n) is 2.99. The van der Waals surface area contributed by atoms with Gasteiger partial charge in [-0.1, -0.05) is 0 Å². The third-order valence-corrected chi connectivity index (χ3v) is 5.12. The minimum atomic E-state index is 0.272. The SMILES string of the molecule is COc1cc2ncnc([Se][SeH])c2cc1OC. The molecule has 0 N–H and O–H groups in total. The van der Waals surface area contributed by atoms with Crippen molar-refractivity contribution < 1.29 is 9.47 Å². The number of benzene rings is 1. The van der Waals surface area contributed by atoms with E-state index in [0.717, 1.165) is 15.5 Å². The molecule has 0 aliphatic rings. The molecule has 1 aromatic heterocycles. The second-order valence-corrected chi connectivity index (χ2v) is 6.18. The third-order valence-electron chi connectivity index (χ3n) is 2.19. The molecule has 0 saturated carbocycles. The summed E-state index contributed by atoms with van der Waals surface area (Å²) in [5.74, 6) is 1.40. The molecule has 84 valence electrons. The second kappa shape index (κ2) is 5.02. The number of nitrogens with zero attached hydrogens (tertiary/aromatic N) is 2. The van der Waals surface area contributed by atoms with Gasteiger partial charge in [0.15, 0.2) is 0 Å². The molecule has 0 spiro atoms. The van der Waals surface area contributed by atoms with Crippen molar-refractivity contribution in [3.8, 4) is 11.5 Å². The summed E-state index contributed by atoms with van der Waals surface area (Å²) in [6.45, 7) is 0. The third kappa shape index (κ3) is 2.02. The molecule has 0 saturated heterocycles. The van der Waals surface area contributed by atoms with Gasteiger partial charge in [0.05, 0.1) is 0 Å². The Hall–Kier alpha value is -0.801. The predicted molar refractivity (Wildman–Crippen MR) is 65.2 cm³/mol. The first-order valence-electron chi connectivity index (χ1n) is 4.48. The Morgan fingerprint density at radius 1 is 1.12 bits per heavy atom. The van der Waals surface area contributed by atoms with Gasteiger partial charge in [0.1, 0.15) is 0 Å². The van der Waals surface area contributed by atoms with Crippen LogP contribution >= 0.6 is 0 Å². The van der Waals surface area contributed by atoms with Crippen LogP contribution in [0.5, 0.6) is 11.5 Å². The van der Waals surface area contributed by atoms with E-state index in [4.69, 9.17) is 9.47 Å². The number of ether oxygens (including phenoxy) is 2. The van der Waals surface area contributed by atoms with E-state index in [2.05, 4.69) is 24.2 Å². The number of methoxy groups -OCH3 is 2. The number of hydrogen-bond donors (Lipinski definition) is 0. The molecule has 0 unspecified atom stereocenters. The maximum absolute atomic E-state index is 5.27. The van der Waals surface area contributed by atoms with Crippen LogP contribution in [-0.4, -0.2) is 51.5 Å². The zero-order chi connectivity index (χ0) is 11.5. The Morgan fingerprint density at radius 2 is 1.81 bits per heavy atom. The summed E-state index contributed by atoms with van der Waals surface area (Å²) in [5.41, 5.74) is 0.885. The quantitative estimate of drug-likeness (QED) is 0.721. The molecule has 0 aliphatic carbocycles. The van der Waals surface area contributed by atoms with Gasteiger partial charge in [-0.15, -0.1) is 0 Å². The standard InChI is InChI=1S/C10H10N2O2Se2/c1-13-8-3-6-7(4-9(8)14-2)11-5-12-10(6)16-15/h3-5,15H,1-2H3. The normalized spacial score (nSPS) is 10.4. The molecule has 4 nitrogen and oxygen atoms in total. The average molecular weight is 348 g/mol. The number of fused-ring (bicyclic) bond motifs is 1. The van der Waals surface area contributed by atoms with Crippen LogP contribution in [0.25, 0.3) is 10.9 Å². The van der Waals surface area contributed by atoms with E-state index >= 15 is 0 Å². The van der Waals surface area contributed by atoms with E-state index in [0.29, 0.717) is 11.5 Å². The van der Waals surface area contributed by atoms with E-state index in [1.54, 1.807) is 20.5 Å². The maximum atomic E-state index is 5.27. The van der Waals surface area contributed by atoms with Crippen LogP contribution in [0.1, 0.15) is 0 Å². The Labute approximate surface area is 106 Å². The van der Waals surface area contributed by atoms with Gasteiger partial charge in [0.2, 0.25) is 0 Å². The fourth-order valence-corrected chi connectivity index (χ4v) is 3.77.